The van der Waals surface area contributed by atoms with Gasteiger partial charge in [-0.15, -0.1) is 0 Å². The first kappa shape index (κ1) is 16.0. The Hall–Kier alpha value is -1.39. The maximum atomic E-state index is 12.3. The number of amides is 1. The van der Waals surface area contributed by atoms with Crippen molar-refractivity contribution in [2.75, 3.05) is 33.4 Å². The van der Waals surface area contributed by atoms with E-state index >= 15 is 0 Å². The van der Waals surface area contributed by atoms with Crippen LogP contribution >= 0.6 is 0 Å². The molecule has 1 aromatic carbocycles. The van der Waals surface area contributed by atoms with Gasteiger partial charge in [0.25, 0.3) is 0 Å². The minimum atomic E-state index is 0.0591. The number of rotatable bonds is 6. The smallest absolute Gasteiger partial charge is 0.236 e. The average Bonchev–Trinajstić information content (AvgIpc) is 2.52. The quantitative estimate of drug-likeness (QED) is 0.873. The number of hydrogen-bond acceptors (Lipinski definition) is 3. The molecule has 0 spiro atoms. The van der Waals surface area contributed by atoms with Crippen LogP contribution in [0.25, 0.3) is 0 Å². The van der Waals surface area contributed by atoms with Crippen LogP contribution in [0.3, 0.4) is 0 Å². The molecule has 1 fully saturated rings. The molecule has 0 bridgehead atoms. The molecule has 0 saturated carbocycles. The van der Waals surface area contributed by atoms with Crippen molar-refractivity contribution in [2.45, 2.75) is 25.8 Å². The molecule has 0 radical (unpaired) electrons. The van der Waals surface area contributed by atoms with E-state index in [0.717, 1.165) is 37.4 Å². The van der Waals surface area contributed by atoms with Crippen molar-refractivity contribution in [1.82, 2.24) is 10.2 Å². The second-order valence-electron chi connectivity index (χ2n) is 5.86. The summed E-state index contributed by atoms with van der Waals surface area (Å²) in [6, 6.07) is 10.2. The standard InChI is InChI=1S/C17H26N2O2/c1-14-8-10-19(11-9-14)17(20)12-18-16(13-21-2)15-6-4-3-5-7-15/h3-7,14,16,18H,8-13H2,1-2H3/t16-/m0/s1. The maximum Gasteiger partial charge on any atom is 0.236 e. The van der Waals surface area contributed by atoms with Gasteiger partial charge in [0.1, 0.15) is 0 Å². The van der Waals surface area contributed by atoms with E-state index in [2.05, 4.69) is 24.4 Å². The van der Waals surface area contributed by atoms with E-state index in [1.807, 2.05) is 23.1 Å². The van der Waals surface area contributed by atoms with E-state index in [9.17, 15) is 4.79 Å². The van der Waals surface area contributed by atoms with Crippen LogP contribution in [0.4, 0.5) is 0 Å². The summed E-state index contributed by atoms with van der Waals surface area (Å²) in [5, 5.41) is 3.33. The molecule has 1 amide bonds. The molecule has 2 rings (SSSR count). The zero-order chi connectivity index (χ0) is 15.1. The summed E-state index contributed by atoms with van der Waals surface area (Å²) in [7, 11) is 1.69. The fraction of sp³-hybridized carbons (Fsp3) is 0.588. The Labute approximate surface area is 127 Å². The lowest BCUT2D eigenvalue weighted by molar-refractivity contribution is -0.131. The monoisotopic (exact) mass is 290 g/mol. The van der Waals surface area contributed by atoms with Crippen LogP contribution in [-0.2, 0) is 9.53 Å². The Morgan fingerprint density at radius 2 is 2.00 bits per heavy atom. The van der Waals surface area contributed by atoms with E-state index in [-0.39, 0.29) is 11.9 Å². The van der Waals surface area contributed by atoms with Gasteiger partial charge in [-0.3, -0.25) is 10.1 Å². The number of benzene rings is 1. The number of carbonyl (C=O) groups excluding carboxylic acids is 1. The summed E-state index contributed by atoms with van der Waals surface area (Å²) in [6.07, 6.45) is 2.23. The van der Waals surface area contributed by atoms with Gasteiger partial charge in [-0.25, -0.2) is 0 Å². The molecule has 4 nitrogen and oxygen atoms in total. The molecule has 1 aliphatic rings. The van der Waals surface area contributed by atoms with Crippen molar-refractivity contribution in [2.24, 2.45) is 5.92 Å². The van der Waals surface area contributed by atoms with Gasteiger partial charge >= 0.3 is 0 Å². The van der Waals surface area contributed by atoms with Crippen molar-refractivity contribution in [3.05, 3.63) is 35.9 Å². The zero-order valence-corrected chi connectivity index (χ0v) is 13.0. The number of hydrogen-bond donors (Lipinski definition) is 1. The van der Waals surface area contributed by atoms with Crippen molar-refractivity contribution >= 4 is 5.91 Å². The largest absolute Gasteiger partial charge is 0.383 e. The third kappa shape index (κ3) is 4.83. The van der Waals surface area contributed by atoms with Crippen molar-refractivity contribution < 1.29 is 9.53 Å². The van der Waals surface area contributed by atoms with E-state index < -0.39 is 0 Å². The highest BCUT2D eigenvalue weighted by Crippen LogP contribution is 2.16. The van der Waals surface area contributed by atoms with Crippen LogP contribution in [-0.4, -0.2) is 44.2 Å². The van der Waals surface area contributed by atoms with Gasteiger partial charge < -0.3 is 9.64 Å². The van der Waals surface area contributed by atoms with Gasteiger partial charge in [-0.2, -0.15) is 0 Å². The van der Waals surface area contributed by atoms with Crippen LogP contribution in [0.2, 0.25) is 0 Å². The first-order chi connectivity index (χ1) is 10.2. The van der Waals surface area contributed by atoms with Gasteiger partial charge in [-0.05, 0) is 24.3 Å². The molecule has 1 aromatic rings. The van der Waals surface area contributed by atoms with Gasteiger partial charge in [0.05, 0.1) is 19.2 Å². The highest BCUT2D eigenvalue weighted by atomic mass is 16.5. The molecule has 0 aliphatic carbocycles. The molecule has 116 valence electrons. The summed E-state index contributed by atoms with van der Waals surface area (Å²) in [5.74, 6) is 0.937. The van der Waals surface area contributed by atoms with Gasteiger partial charge in [0, 0.05) is 20.2 Å². The third-order valence-electron chi connectivity index (χ3n) is 4.17. The molecule has 0 aromatic heterocycles. The Morgan fingerprint density at radius 3 is 2.62 bits per heavy atom. The Morgan fingerprint density at radius 1 is 1.33 bits per heavy atom. The van der Waals surface area contributed by atoms with E-state index in [0.29, 0.717) is 13.2 Å². The fourth-order valence-electron chi connectivity index (χ4n) is 2.71. The Bertz CT molecular complexity index is 428. The molecule has 21 heavy (non-hydrogen) atoms. The normalized spacial score (nSPS) is 17.7. The Balaban J connectivity index is 1.85. The van der Waals surface area contributed by atoms with Crippen LogP contribution < -0.4 is 5.32 Å². The fourth-order valence-corrected chi connectivity index (χ4v) is 2.71. The highest BCUT2D eigenvalue weighted by Gasteiger charge is 2.21. The predicted molar refractivity (Wildman–Crippen MR) is 84.0 cm³/mol. The first-order valence-corrected chi connectivity index (χ1v) is 7.75. The summed E-state index contributed by atoms with van der Waals surface area (Å²) >= 11 is 0. The molecule has 1 atom stereocenters. The molecule has 1 aliphatic heterocycles. The first-order valence-electron chi connectivity index (χ1n) is 7.75. The minimum absolute atomic E-state index is 0.0591. The summed E-state index contributed by atoms with van der Waals surface area (Å²) in [4.78, 5) is 14.2. The van der Waals surface area contributed by atoms with Crippen LogP contribution in [0.1, 0.15) is 31.4 Å². The zero-order valence-electron chi connectivity index (χ0n) is 13.0. The molecular formula is C17H26N2O2. The minimum Gasteiger partial charge on any atom is -0.383 e. The molecule has 1 N–H and O–H groups in total. The number of nitrogens with zero attached hydrogens (tertiary/aromatic N) is 1. The molecule has 1 saturated heterocycles. The van der Waals surface area contributed by atoms with Crippen molar-refractivity contribution in [3.8, 4) is 0 Å². The third-order valence-corrected chi connectivity index (χ3v) is 4.17. The SMILES string of the molecule is COC[C@H](NCC(=O)N1CCC(C)CC1)c1ccccc1. The highest BCUT2D eigenvalue weighted by molar-refractivity contribution is 5.78. The number of ether oxygens (including phenoxy) is 1. The summed E-state index contributed by atoms with van der Waals surface area (Å²) in [6.45, 7) is 4.97. The lowest BCUT2D eigenvalue weighted by atomic mass is 9.99. The topological polar surface area (TPSA) is 41.6 Å². The van der Waals surface area contributed by atoms with Gasteiger partial charge in [-0.1, -0.05) is 37.3 Å². The van der Waals surface area contributed by atoms with E-state index in [4.69, 9.17) is 4.74 Å². The molecule has 0 unspecified atom stereocenters. The second-order valence-corrected chi connectivity index (χ2v) is 5.86. The lowest BCUT2D eigenvalue weighted by Crippen LogP contribution is -2.43. The van der Waals surface area contributed by atoms with Gasteiger partial charge in [0.15, 0.2) is 0 Å². The Kier molecular flexibility index (Phi) is 6.21. The lowest BCUT2D eigenvalue weighted by Gasteiger charge is -2.31. The van der Waals surface area contributed by atoms with Gasteiger partial charge in [0.2, 0.25) is 5.91 Å². The molecule has 4 heteroatoms. The van der Waals surface area contributed by atoms with Crippen LogP contribution in [0.15, 0.2) is 30.3 Å². The van der Waals surface area contributed by atoms with E-state index in [1.54, 1.807) is 7.11 Å². The molecular weight excluding hydrogens is 264 g/mol. The van der Waals surface area contributed by atoms with Crippen LogP contribution in [0.5, 0.6) is 0 Å². The number of piperidine rings is 1. The maximum absolute atomic E-state index is 12.3. The number of methoxy groups -OCH3 is 1. The van der Waals surface area contributed by atoms with E-state index in [1.165, 1.54) is 0 Å². The summed E-state index contributed by atoms with van der Waals surface area (Å²) < 4.78 is 5.26. The second kappa shape index (κ2) is 8.15. The van der Waals surface area contributed by atoms with Crippen molar-refractivity contribution in [3.63, 3.8) is 0 Å². The van der Waals surface area contributed by atoms with Crippen molar-refractivity contribution in [1.29, 1.82) is 0 Å². The number of carbonyl (C=O) groups is 1. The van der Waals surface area contributed by atoms with Crippen LogP contribution in [0, 0.1) is 5.92 Å². The predicted octanol–water partition coefficient (Wildman–Crippen LogP) is 2.22. The number of likely N-dealkylation sites (tertiary alicyclic amines) is 1. The number of nitrogens with one attached hydrogen (secondary N) is 1. The average molecular weight is 290 g/mol. The molecule has 1 heterocycles. The summed E-state index contributed by atoms with van der Waals surface area (Å²) in [5.41, 5.74) is 1.15.